The Bertz CT molecular complexity index is 841. The number of hydrogen-bond acceptors (Lipinski definition) is 3. The highest BCUT2D eigenvalue weighted by atomic mass is 16.5. The van der Waals surface area contributed by atoms with Crippen molar-refractivity contribution in [3.05, 3.63) is 65.2 Å². The fraction of sp³-hybridized carbons (Fsp3) is 0.364. The molecule has 5 nitrogen and oxygen atoms in total. The lowest BCUT2D eigenvalue weighted by atomic mass is 10.1. The summed E-state index contributed by atoms with van der Waals surface area (Å²) < 4.78 is 5.52. The zero-order valence-electron chi connectivity index (χ0n) is 15.5. The van der Waals surface area contributed by atoms with E-state index in [2.05, 4.69) is 18.3 Å². The molecule has 27 heavy (non-hydrogen) atoms. The predicted octanol–water partition coefficient (Wildman–Crippen LogP) is 3.19. The average molecular weight is 364 g/mol. The molecule has 0 radical (unpaired) electrons. The normalized spacial score (nSPS) is 21.1. The number of para-hydroxylation sites is 1. The molecule has 2 aromatic carbocycles. The monoisotopic (exact) mass is 364 g/mol. The zero-order chi connectivity index (χ0) is 18.8. The average Bonchev–Trinajstić information content (AvgIpc) is 3.32. The van der Waals surface area contributed by atoms with Crippen LogP contribution in [0.1, 0.15) is 46.0 Å². The largest absolute Gasteiger partial charge is 0.376 e. The van der Waals surface area contributed by atoms with E-state index in [4.69, 9.17) is 4.74 Å². The lowest BCUT2D eigenvalue weighted by Crippen LogP contribution is -2.35. The zero-order valence-corrected chi connectivity index (χ0v) is 15.5. The van der Waals surface area contributed by atoms with Crippen molar-refractivity contribution in [2.45, 2.75) is 38.3 Å². The number of carbonyl (C=O) groups is 2. The summed E-state index contributed by atoms with van der Waals surface area (Å²) in [6.45, 7) is 3.36. The number of ether oxygens (including phenoxy) is 1. The van der Waals surface area contributed by atoms with Gasteiger partial charge >= 0.3 is 0 Å². The summed E-state index contributed by atoms with van der Waals surface area (Å²) in [6, 6.07) is 15.0. The van der Waals surface area contributed by atoms with Crippen LogP contribution in [0.5, 0.6) is 0 Å². The molecule has 140 valence electrons. The number of amides is 2. The van der Waals surface area contributed by atoms with Gasteiger partial charge in [0, 0.05) is 36.0 Å². The molecule has 0 saturated carbocycles. The van der Waals surface area contributed by atoms with Gasteiger partial charge in [-0.05, 0) is 62.1 Å². The van der Waals surface area contributed by atoms with Gasteiger partial charge in [0.2, 0.25) is 0 Å². The van der Waals surface area contributed by atoms with E-state index in [1.165, 1.54) is 5.56 Å². The van der Waals surface area contributed by atoms with Crippen LogP contribution in [0.15, 0.2) is 48.5 Å². The Labute approximate surface area is 159 Å². The van der Waals surface area contributed by atoms with Crippen LogP contribution in [0.4, 0.5) is 5.69 Å². The van der Waals surface area contributed by atoms with E-state index in [0.29, 0.717) is 17.7 Å². The molecule has 2 amide bonds. The molecule has 1 N–H and O–H groups in total. The molecule has 1 saturated heterocycles. The first-order valence-corrected chi connectivity index (χ1v) is 9.55. The molecule has 0 aliphatic carbocycles. The van der Waals surface area contributed by atoms with E-state index >= 15 is 0 Å². The van der Waals surface area contributed by atoms with Gasteiger partial charge < -0.3 is 15.0 Å². The van der Waals surface area contributed by atoms with Gasteiger partial charge in [0.15, 0.2) is 0 Å². The molecule has 4 rings (SSSR count). The molecule has 0 aromatic heterocycles. The second kappa shape index (κ2) is 7.53. The summed E-state index contributed by atoms with van der Waals surface area (Å²) in [4.78, 5) is 27.2. The van der Waals surface area contributed by atoms with Crippen LogP contribution in [0, 0.1) is 0 Å². The number of carbonyl (C=O) groups excluding carboxylic acids is 2. The van der Waals surface area contributed by atoms with Crippen molar-refractivity contribution in [2.24, 2.45) is 0 Å². The van der Waals surface area contributed by atoms with Crippen molar-refractivity contribution in [2.75, 3.05) is 18.1 Å². The Morgan fingerprint density at radius 3 is 2.59 bits per heavy atom. The maximum atomic E-state index is 13.0. The standard InChI is InChI=1S/C22H24N2O3/c1-15-13-18-5-2-3-7-20(18)24(15)22(26)17-10-8-16(9-11-17)21(25)23-14-19-6-4-12-27-19/h2-3,5,7-11,15,19H,4,6,12-14H2,1H3,(H,23,25). The maximum Gasteiger partial charge on any atom is 0.258 e. The number of benzene rings is 2. The van der Waals surface area contributed by atoms with Gasteiger partial charge in [0.25, 0.3) is 11.8 Å². The van der Waals surface area contributed by atoms with Crippen LogP contribution in [0.3, 0.4) is 0 Å². The van der Waals surface area contributed by atoms with E-state index in [1.54, 1.807) is 24.3 Å². The van der Waals surface area contributed by atoms with E-state index < -0.39 is 0 Å². The van der Waals surface area contributed by atoms with Crippen LogP contribution >= 0.6 is 0 Å². The van der Waals surface area contributed by atoms with E-state index in [0.717, 1.165) is 31.6 Å². The first-order chi connectivity index (χ1) is 13.1. The van der Waals surface area contributed by atoms with Gasteiger partial charge in [-0.15, -0.1) is 0 Å². The molecule has 2 aromatic rings. The maximum absolute atomic E-state index is 13.0. The number of rotatable bonds is 4. The minimum Gasteiger partial charge on any atom is -0.376 e. The molecule has 2 heterocycles. The molecule has 5 heteroatoms. The van der Waals surface area contributed by atoms with Crippen LogP contribution in [0.2, 0.25) is 0 Å². The molecule has 0 spiro atoms. The van der Waals surface area contributed by atoms with Crippen LogP contribution in [0.25, 0.3) is 0 Å². The van der Waals surface area contributed by atoms with E-state index in [-0.39, 0.29) is 24.0 Å². The number of nitrogens with one attached hydrogen (secondary N) is 1. The lowest BCUT2D eigenvalue weighted by molar-refractivity contribution is 0.0857. The minimum atomic E-state index is -0.135. The van der Waals surface area contributed by atoms with E-state index in [9.17, 15) is 9.59 Å². The molecular formula is C22H24N2O3. The summed E-state index contributed by atoms with van der Waals surface area (Å²) >= 11 is 0. The van der Waals surface area contributed by atoms with Gasteiger partial charge in [0.1, 0.15) is 0 Å². The molecule has 2 aliphatic rings. The molecule has 2 atom stereocenters. The van der Waals surface area contributed by atoms with Gasteiger partial charge in [-0.1, -0.05) is 18.2 Å². The van der Waals surface area contributed by atoms with Crippen molar-refractivity contribution in [3.8, 4) is 0 Å². The molecule has 2 unspecified atom stereocenters. The van der Waals surface area contributed by atoms with Crippen molar-refractivity contribution in [1.82, 2.24) is 5.32 Å². The fourth-order valence-corrected chi connectivity index (χ4v) is 3.89. The summed E-state index contributed by atoms with van der Waals surface area (Å²) in [5, 5.41) is 2.91. The smallest absolute Gasteiger partial charge is 0.258 e. The van der Waals surface area contributed by atoms with Crippen molar-refractivity contribution in [3.63, 3.8) is 0 Å². The summed E-state index contributed by atoms with van der Waals surface area (Å²) in [5.41, 5.74) is 3.32. The third-order valence-corrected chi connectivity index (χ3v) is 5.33. The van der Waals surface area contributed by atoms with Crippen molar-refractivity contribution < 1.29 is 14.3 Å². The molecule has 0 bridgehead atoms. The highest BCUT2D eigenvalue weighted by Gasteiger charge is 2.31. The first-order valence-electron chi connectivity index (χ1n) is 9.55. The van der Waals surface area contributed by atoms with Crippen molar-refractivity contribution in [1.29, 1.82) is 0 Å². The lowest BCUT2D eigenvalue weighted by Gasteiger charge is -2.23. The molecule has 2 aliphatic heterocycles. The first kappa shape index (κ1) is 17.7. The highest BCUT2D eigenvalue weighted by molar-refractivity contribution is 6.08. The van der Waals surface area contributed by atoms with Crippen LogP contribution in [-0.4, -0.2) is 37.1 Å². The number of fused-ring (bicyclic) bond motifs is 1. The molecule has 1 fully saturated rings. The van der Waals surface area contributed by atoms with Gasteiger partial charge in [-0.2, -0.15) is 0 Å². The summed E-state index contributed by atoms with van der Waals surface area (Å²) in [6.07, 6.45) is 3.02. The second-order valence-corrected chi connectivity index (χ2v) is 7.28. The summed E-state index contributed by atoms with van der Waals surface area (Å²) in [7, 11) is 0. The number of anilines is 1. The quantitative estimate of drug-likeness (QED) is 0.906. The SMILES string of the molecule is CC1Cc2ccccc2N1C(=O)c1ccc(C(=O)NCC2CCCO2)cc1. The topological polar surface area (TPSA) is 58.6 Å². The fourth-order valence-electron chi connectivity index (χ4n) is 3.89. The summed E-state index contributed by atoms with van der Waals surface area (Å²) in [5.74, 6) is -0.164. The van der Waals surface area contributed by atoms with Crippen molar-refractivity contribution >= 4 is 17.5 Å². The van der Waals surface area contributed by atoms with Crippen LogP contribution < -0.4 is 10.2 Å². The second-order valence-electron chi connectivity index (χ2n) is 7.28. The number of nitrogens with zero attached hydrogens (tertiary/aromatic N) is 1. The predicted molar refractivity (Wildman–Crippen MR) is 104 cm³/mol. The van der Waals surface area contributed by atoms with Gasteiger partial charge in [-0.25, -0.2) is 0 Å². The van der Waals surface area contributed by atoms with Gasteiger partial charge in [0.05, 0.1) is 6.10 Å². The highest BCUT2D eigenvalue weighted by Crippen LogP contribution is 2.33. The third-order valence-electron chi connectivity index (χ3n) is 5.33. The van der Waals surface area contributed by atoms with Gasteiger partial charge in [-0.3, -0.25) is 9.59 Å². The van der Waals surface area contributed by atoms with Crippen LogP contribution in [-0.2, 0) is 11.2 Å². The minimum absolute atomic E-state index is 0.0289. The Kier molecular flexibility index (Phi) is 4.94. The van der Waals surface area contributed by atoms with E-state index in [1.807, 2.05) is 23.1 Å². The Hall–Kier alpha value is -2.66. The Morgan fingerprint density at radius 2 is 1.85 bits per heavy atom. The third kappa shape index (κ3) is 3.60. The number of hydrogen-bond donors (Lipinski definition) is 1. The molecular weight excluding hydrogens is 340 g/mol. The Morgan fingerprint density at radius 1 is 1.11 bits per heavy atom. The Balaban J connectivity index is 1.44.